The number of aromatic nitrogens is 2. The van der Waals surface area contributed by atoms with E-state index in [-0.39, 0.29) is 12.3 Å². The van der Waals surface area contributed by atoms with Gasteiger partial charge in [0.15, 0.2) is 0 Å². The molecule has 1 amide bonds. The van der Waals surface area contributed by atoms with Gasteiger partial charge in [-0.05, 0) is 13.0 Å². The Bertz CT molecular complexity index is 688. The van der Waals surface area contributed by atoms with Crippen molar-refractivity contribution >= 4 is 17.5 Å². The van der Waals surface area contributed by atoms with Gasteiger partial charge in [0, 0.05) is 30.5 Å². The number of hydrogen-bond acceptors (Lipinski definition) is 5. The molecule has 2 N–H and O–H groups in total. The molecule has 3 rings (SSSR count). The van der Waals surface area contributed by atoms with Crippen LogP contribution in [0.2, 0.25) is 0 Å². The van der Waals surface area contributed by atoms with E-state index in [4.69, 9.17) is 4.74 Å². The smallest absolute Gasteiger partial charge is 0.228 e. The monoisotopic (exact) mass is 298 g/mol. The van der Waals surface area contributed by atoms with Crippen molar-refractivity contribution < 1.29 is 9.53 Å². The van der Waals surface area contributed by atoms with Gasteiger partial charge >= 0.3 is 0 Å². The molecule has 0 saturated heterocycles. The highest BCUT2D eigenvalue weighted by molar-refractivity contribution is 5.99. The summed E-state index contributed by atoms with van der Waals surface area (Å²) in [5.74, 6) is 0.495. The molecule has 114 valence electrons. The molecule has 1 aliphatic rings. The van der Waals surface area contributed by atoms with Crippen LogP contribution < -0.4 is 10.6 Å². The molecular weight excluding hydrogens is 280 g/mol. The number of hydrogen-bond donors (Lipinski definition) is 2. The van der Waals surface area contributed by atoms with Crippen LogP contribution in [0.5, 0.6) is 0 Å². The summed E-state index contributed by atoms with van der Waals surface area (Å²) in [6, 6.07) is 7.67. The highest BCUT2D eigenvalue weighted by Crippen LogP contribution is 2.32. The number of carbonyl (C=O) groups is 1. The number of anilines is 2. The lowest BCUT2D eigenvalue weighted by atomic mass is 10.1. The maximum absolute atomic E-state index is 11.9. The maximum atomic E-state index is 11.9. The van der Waals surface area contributed by atoms with Crippen molar-refractivity contribution in [1.29, 1.82) is 0 Å². The Morgan fingerprint density at radius 3 is 3.09 bits per heavy atom. The molecule has 6 heteroatoms. The van der Waals surface area contributed by atoms with Gasteiger partial charge in [-0.25, -0.2) is 9.97 Å². The summed E-state index contributed by atoms with van der Waals surface area (Å²) in [4.78, 5) is 20.8. The lowest BCUT2D eigenvalue weighted by Gasteiger charge is -2.10. The average molecular weight is 298 g/mol. The first-order chi connectivity index (χ1) is 10.8. The summed E-state index contributed by atoms with van der Waals surface area (Å²) in [7, 11) is 0. The minimum atomic E-state index is -0.0492. The van der Waals surface area contributed by atoms with Gasteiger partial charge in [0.2, 0.25) is 11.9 Å². The van der Waals surface area contributed by atoms with E-state index in [9.17, 15) is 4.79 Å². The number of amides is 1. The van der Waals surface area contributed by atoms with Crippen LogP contribution in [-0.4, -0.2) is 35.6 Å². The Morgan fingerprint density at radius 2 is 2.23 bits per heavy atom. The van der Waals surface area contributed by atoms with Crippen molar-refractivity contribution in [2.45, 2.75) is 13.3 Å². The third kappa shape index (κ3) is 3.07. The molecule has 0 saturated carbocycles. The fourth-order valence-corrected chi connectivity index (χ4v) is 2.40. The van der Waals surface area contributed by atoms with Gasteiger partial charge in [-0.15, -0.1) is 0 Å². The van der Waals surface area contributed by atoms with Crippen LogP contribution >= 0.6 is 0 Å². The van der Waals surface area contributed by atoms with E-state index in [0.29, 0.717) is 25.7 Å². The molecule has 0 atom stereocenters. The van der Waals surface area contributed by atoms with Crippen molar-refractivity contribution in [3.63, 3.8) is 0 Å². The predicted molar refractivity (Wildman–Crippen MR) is 84.8 cm³/mol. The Balaban J connectivity index is 1.91. The zero-order valence-corrected chi connectivity index (χ0v) is 12.4. The minimum Gasteiger partial charge on any atom is -0.380 e. The molecule has 0 fully saturated rings. The SMILES string of the molecule is CCOCCNc1ncc2c(n1)-c1ccccc1NC(=O)C2. The number of rotatable bonds is 5. The van der Waals surface area contributed by atoms with Crippen molar-refractivity contribution in [1.82, 2.24) is 9.97 Å². The van der Waals surface area contributed by atoms with Gasteiger partial charge in [0.25, 0.3) is 0 Å². The largest absolute Gasteiger partial charge is 0.380 e. The molecule has 0 aliphatic carbocycles. The van der Waals surface area contributed by atoms with E-state index < -0.39 is 0 Å². The molecule has 6 nitrogen and oxygen atoms in total. The van der Waals surface area contributed by atoms with Gasteiger partial charge in [-0.3, -0.25) is 4.79 Å². The van der Waals surface area contributed by atoms with Gasteiger partial charge in [-0.1, -0.05) is 18.2 Å². The van der Waals surface area contributed by atoms with Crippen molar-refractivity contribution in [2.24, 2.45) is 0 Å². The first-order valence-electron chi connectivity index (χ1n) is 7.34. The molecule has 0 radical (unpaired) electrons. The minimum absolute atomic E-state index is 0.0492. The molecule has 0 spiro atoms. The summed E-state index contributed by atoms with van der Waals surface area (Å²) in [6.45, 7) is 3.90. The second kappa shape index (κ2) is 6.53. The van der Waals surface area contributed by atoms with Crippen molar-refractivity contribution in [2.75, 3.05) is 30.4 Å². The topological polar surface area (TPSA) is 76.1 Å². The number of nitrogens with one attached hydrogen (secondary N) is 2. The van der Waals surface area contributed by atoms with Crippen molar-refractivity contribution in [3.05, 3.63) is 36.0 Å². The molecule has 0 unspecified atom stereocenters. The Labute approximate surface area is 128 Å². The van der Waals surface area contributed by atoms with Gasteiger partial charge < -0.3 is 15.4 Å². The van der Waals surface area contributed by atoms with Crippen LogP contribution in [0.3, 0.4) is 0 Å². The van der Waals surface area contributed by atoms with Crippen LogP contribution in [0.25, 0.3) is 11.3 Å². The lowest BCUT2D eigenvalue weighted by Crippen LogP contribution is -2.13. The second-order valence-electron chi connectivity index (χ2n) is 4.96. The second-order valence-corrected chi connectivity index (χ2v) is 4.96. The Morgan fingerprint density at radius 1 is 1.36 bits per heavy atom. The summed E-state index contributed by atoms with van der Waals surface area (Å²) >= 11 is 0. The number of para-hydroxylation sites is 1. The summed E-state index contributed by atoms with van der Waals surface area (Å²) < 4.78 is 5.29. The highest BCUT2D eigenvalue weighted by atomic mass is 16.5. The molecular formula is C16H18N4O2. The first kappa shape index (κ1) is 14.5. The van der Waals surface area contributed by atoms with Crippen LogP contribution in [0.4, 0.5) is 11.6 Å². The third-order valence-electron chi connectivity index (χ3n) is 3.41. The molecule has 1 aromatic carbocycles. The van der Waals surface area contributed by atoms with Crippen molar-refractivity contribution in [3.8, 4) is 11.3 Å². The number of benzene rings is 1. The van der Waals surface area contributed by atoms with E-state index in [2.05, 4.69) is 20.6 Å². The molecule has 2 aromatic rings. The number of carbonyl (C=O) groups excluding carboxylic acids is 1. The van der Waals surface area contributed by atoms with Crippen LogP contribution in [0.1, 0.15) is 12.5 Å². The number of ether oxygens (including phenoxy) is 1. The van der Waals surface area contributed by atoms with Gasteiger partial charge in [0.1, 0.15) is 0 Å². The summed E-state index contributed by atoms with van der Waals surface area (Å²) in [5, 5.41) is 6.04. The third-order valence-corrected chi connectivity index (χ3v) is 3.41. The van der Waals surface area contributed by atoms with E-state index >= 15 is 0 Å². The molecule has 22 heavy (non-hydrogen) atoms. The lowest BCUT2D eigenvalue weighted by molar-refractivity contribution is -0.115. The van der Waals surface area contributed by atoms with E-state index in [1.807, 2.05) is 31.2 Å². The van der Waals surface area contributed by atoms with Crippen LogP contribution in [0.15, 0.2) is 30.5 Å². The molecule has 1 aliphatic heterocycles. The fourth-order valence-electron chi connectivity index (χ4n) is 2.40. The summed E-state index contributed by atoms with van der Waals surface area (Å²) in [6.07, 6.45) is 2.00. The molecule has 1 aromatic heterocycles. The number of nitrogens with zero attached hydrogens (tertiary/aromatic N) is 2. The van der Waals surface area contributed by atoms with E-state index in [0.717, 1.165) is 22.5 Å². The summed E-state index contributed by atoms with van der Waals surface area (Å²) in [5.41, 5.74) is 3.32. The van der Waals surface area contributed by atoms with Gasteiger partial charge in [-0.2, -0.15) is 0 Å². The predicted octanol–water partition coefficient (Wildman–Crippen LogP) is 2.09. The zero-order chi connectivity index (χ0) is 15.4. The normalized spacial score (nSPS) is 12.9. The molecule has 0 bridgehead atoms. The van der Waals surface area contributed by atoms with Gasteiger partial charge in [0.05, 0.1) is 24.4 Å². The average Bonchev–Trinajstić information content (AvgIpc) is 2.67. The Hall–Kier alpha value is -2.47. The van der Waals surface area contributed by atoms with Crippen LogP contribution in [-0.2, 0) is 16.0 Å². The maximum Gasteiger partial charge on any atom is 0.228 e. The molecule has 2 heterocycles. The Kier molecular flexibility index (Phi) is 4.29. The quantitative estimate of drug-likeness (QED) is 0.827. The van der Waals surface area contributed by atoms with Crippen LogP contribution in [0, 0.1) is 0 Å². The number of fused-ring (bicyclic) bond motifs is 3. The highest BCUT2D eigenvalue weighted by Gasteiger charge is 2.20. The zero-order valence-electron chi connectivity index (χ0n) is 12.4. The fraction of sp³-hybridized carbons (Fsp3) is 0.312. The van der Waals surface area contributed by atoms with E-state index in [1.165, 1.54) is 0 Å². The first-order valence-corrected chi connectivity index (χ1v) is 7.34. The van der Waals surface area contributed by atoms with E-state index in [1.54, 1.807) is 6.20 Å². The standard InChI is InChI=1S/C16H18N4O2/c1-2-22-8-7-17-16-18-10-11-9-14(21)19-13-6-4-3-5-12(13)15(11)20-16/h3-6,10H,2,7-9H2,1H3,(H,19,21)(H,17,18,20).